The molecule has 0 radical (unpaired) electrons. The Morgan fingerprint density at radius 1 is 0.952 bits per heavy atom. The molecule has 0 aliphatic carbocycles. The molecule has 4 aromatic heterocycles. The van der Waals surface area contributed by atoms with Crippen LogP contribution in [0.15, 0.2) is 93.0 Å². The number of anilines is 2. The van der Waals surface area contributed by atoms with Crippen LogP contribution in [0.3, 0.4) is 0 Å². The molecular formula is C44H67Br2N13O3. The highest BCUT2D eigenvalue weighted by atomic mass is 79.9. The number of halogens is 2. The van der Waals surface area contributed by atoms with Crippen LogP contribution < -0.4 is 26.3 Å². The van der Waals surface area contributed by atoms with Gasteiger partial charge in [0.2, 0.25) is 0 Å². The largest absolute Gasteiger partial charge is 0.397 e. The number of nitrogens with zero attached hydrogens (tertiary/aromatic N) is 9. The van der Waals surface area contributed by atoms with Crippen molar-refractivity contribution < 1.29 is 15.3 Å². The molecule has 0 amide bonds. The maximum absolute atomic E-state index is 9.75. The molecule has 340 valence electrons. The van der Waals surface area contributed by atoms with E-state index in [0.29, 0.717) is 19.1 Å². The molecular weight excluding hydrogens is 918 g/mol. The van der Waals surface area contributed by atoms with E-state index in [1.807, 2.05) is 68.6 Å². The SMILES string of the molecule is BrC1=C2NC(N3CCCC3)=CC(=NCc3cccnc3)N2NC1.CC.CCCC(CO)NC.CCO.OCC1CCCCN1c1cc(NCc2cccnc2)n2ncc(Br)c2n1. The highest BCUT2D eigenvalue weighted by molar-refractivity contribution is 9.11. The first-order valence-corrected chi connectivity index (χ1v) is 23.4. The number of likely N-dealkylation sites (N-methyl/N-ethyl adjacent to an activating group) is 1. The van der Waals surface area contributed by atoms with Crippen molar-refractivity contribution in [1.29, 1.82) is 0 Å². The lowest BCUT2D eigenvalue weighted by atomic mass is 10.0. The summed E-state index contributed by atoms with van der Waals surface area (Å²) in [5, 5.41) is 42.3. The van der Waals surface area contributed by atoms with Crippen LogP contribution in [0.2, 0.25) is 0 Å². The molecule has 7 N–H and O–H groups in total. The molecule has 0 spiro atoms. The highest BCUT2D eigenvalue weighted by Gasteiger charge is 2.31. The Hall–Kier alpha value is -4.17. The monoisotopic (exact) mass is 983 g/mol. The molecule has 0 aromatic carbocycles. The fourth-order valence-corrected chi connectivity index (χ4v) is 7.81. The van der Waals surface area contributed by atoms with Crippen LogP contribution in [0.4, 0.5) is 11.6 Å². The summed E-state index contributed by atoms with van der Waals surface area (Å²) in [6, 6.07) is 10.4. The first-order valence-electron chi connectivity index (χ1n) is 21.9. The Balaban J connectivity index is 0.000000215. The molecule has 2 saturated heterocycles. The number of fused-ring (bicyclic) bond motifs is 2. The van der Waals surface area contributed by atoms with Gasteiger partial charge in [-0.2, -0.15) is 9.61 Å². The summed E-state index contributed by atoms with van der Waals surface area (Å²) in [4.78, 5) is 22.5. The summed E-state index contributed by atoms with van der Waals surface area (Å²) in [7, 11) is 1.87. The van der Waals surface area contributed by atoms with Crippen molar-refractivity contribution in [3.8, 4) is 0 Å². The smallest absolute Gasteiger partial charge is 0.173 e. The van der Waals surface area contributed by atoms with Crippen LogP contribution in [-0.2, 0) is 13.1 Å². The Bertz CT molecular complexity index is 1970. The molecule has 0 bridgehead atoms. The van der Waals surface area contributed by atoms with Crippen molar-refractivity contribution >= 4 is 55.0 Å². The number of nitrogens with one attached hydrogen (secondary N) is 4. The lowest BCUT2D eigenvalue weighted by Gasteiger charge is -2.35. The summed E-state index contributed by atoms with van der Waals surface area (Å²) in [5.74, 6) is 4.84. The number of aliphatic hydroxyl groups excluding tert-OH is 3. The van der Waals surface area contributed by atoms with E-state index in [1.165, 1.54) is 12.8 Å². The standard InChI is InChI=1S/C18H21BrN6O.C16H19BrN6.C6H15NO.C2H6O.C2H6/c19-15-11-22-25-16(21-10-13-4-3-6-20-9-13)8-17(23-18(15)25)24-7-2-1-5-14(24)12-26;17-13-11-20-23-14(19-10-12-4-3-5-18-9-12)8-15(21-16(13)23)22-6-1-2-7-22;1-3-4-6(5-8)7-2;1-2-3;1-2/h3-4,6,8-9,11,14,21,26H,1-2,5,7,10,12H2;3-5,8-9,20-21H,1-2,6-7,10-11H2;6-8H,3-5H2,1-2H3;3H,2H2,1H3;1-2H3. The van der Waals surface area contributed by atoms with E-state index in [-0.39, 0.29) is 25.9 Å². The van der Waals surface area contributed by atoms with E-state index in [2.05, 4.69) is 91.1 Å². The van der Waals surface area contributed by atoms with Crippen LogP contribution in [0.25, 0.3) is 5.65 Å². The van der Waals surface area contributed by atoms with Gasteiger partial charge in [-0.25, -0.2) is 15.4 Å². The number of amidine groups is 1. The summed E-state index contributed by atoms with van der Waals surface area (Å²) in [5.41, 5.74) is 6.31. The maximum atomic E-state index is 9.75. The minimum absolute atomic E-state index is 0.117. The van der Waals surface area contributed by atoms with Gasteiger partial charge in [-0.1, -0.05) is 55.3 Å². The van der Waals surface area contributed by atoms with E-state index < -0.39 is 0 Å². The molecule has 18 heteroatoms. The number of pyridine rings is 2. The third-order valence-electron chi connectivity index (χ3n) is 10.2. The summed E-state index contributed by atoms with van der Waals surface area (Å²) in [6.07, 6.45) is 19.1. The van der Waals surface area contributed by atoms with Crippen molar-refractivity contribution in [3.63, 3.8) is 0 Å². The number of hydrogen-bond acceptors (Lipinski definition) is 14. The van der Waals surface area contributed by atoms with Gasteiger partial charge in [0.25, 0.3) is 0 Å². The topological polar surface area (TPSA) is 187 Å². The lowest BCUT2D eigenvalue weighted by Crippen LogP contribution is -2.47. The van der Waals surface area contributed by atoms with Crippen molar-refractivity contribution in [3.05, 3.63) is 99.1 Å². The van der Waals surface area contributed by atoms with Crippen molar-refractivity contribution in [2.45, 2.75) is 97.8 Å². The van der Waals surface area contributed by atoms with Gasteiger partial charge in [0.05, 0.1) is 47.5 Å². The van der Waals surface area contributed by atoms with E-state index in [0.717, 1.165) is 113 Å². The van der Waals surface area contributed by atoms with Gasteiger partial charge in [-0.3, -0.25) is 15.0 Å². The number of hydrazine groups is 1. The zero-order valence-electron chi connectivity index (χ0n) is 36.9. The third kappa shape index (κ3) is 14.7. The molecule has 4 aliphatic heterocycles. The molecule has 8 rings (SSSR count). The number of hydrogen-bond donors (Lipinski definition) is 7. The van der Waals surface area contributed by atoms with Crippen molar-refractivity contribution in [2.75, 3.05) is 63.3 Å². The minimum atomic E-state index is 0.117. The van der Waals surface area contributed by atoms with Gasteiger partial charge in [-0.15, -0.1) is 0 Å². The van der Waals surface area contributed by atoms with Crippen LogP contribution >= 0.6 is 31.9 Å². The highest BCUT2D eigenvalue weighted by Crippen LogP contribution is 2.29. The Morgan fingerprint density at radius 2 is 1.65 bits per heavy atom. The predicted molar refractivity (Wildman–Crippen MR) is 256 cm³/mol. The van der Waals surface area contributed by atoms with Gasteiger partial charge < -0.3 is 41.1 Å². The average molecular weight is 986 g/mol. The molecule has 2 fully saturated rings. The first-order chi connectivity index (χ1) is 30.3. The normalized spacial score (nSPS) is 17.9. The van der Waals surface area contributed by atoms with Gasteiger partial charge >= 0.3 is 0 Å². The quantitative estimate of drug-likeness (QED) is 0.0858. The van der Waals surface area contributed by atoms with Gasteiger partial charge in [0, 0.05) is 75.8 Å². The number of likely N-dealkylation sites (tertiary alicyclic amines) is 1. The molecule has 2 atom stereocenters. The zero-order valence-corrected chi connectivity index (χ0v) is 40.1. The molecule has 2 unspecified atom stereocenters. The molecule has 8 heterocycles. The molecule has 62 heavy (non-hydrogen) atoms. The molecule has 4 aromatic rings. The fraction of sp³-hybridized carbons (Fsp3) is 0.523. The van der Waals surface area contributed by atoms with Crippen molar-refractivity contribution in [2.24, 2.45) is 4.99 Å². The van der Waals surface area contributed by atoms with Gasteiger partial charge in [0.15, 0.2) is 5.65 Å². The van der Waals surface area contributed by atoms with Gasteiger partial charge in [-0.05, 0) is 91.7 Å². The van der Waals surface area contributed by atoms with Crippen molar-refractivity contribution in [1.82, 2.24) is 50.5 Å². The number of aliphatic hydroxyl groups is 3. The minimum Gasteiger partial charge on any atom is -0.397 e. The van der Waals surface area contributed by atoms with Crippen LogP contribution in [-0.4, -0.2) is 121 Å². The predicted octanol–water partition coefficient (Wildman–Crippen LogP) is 6.15. The van der Waals surface area contributed by atoms with Crippen LogP contribution in [0.1, 0.15) is 83.8 Å². The molecule has 0 saturated carbocycles. The summed E-state index contributed by atoms with van der Waals surface area (Å²) >= 11 is 7.18. The number of aromatic nitrogens is 5. The maximum Gasteiger partial charge on any atom is 0.173 e. The molecule has 16 nitrogen and oxygen atoms in total. The van der Waals surface area contributed by atoms with Gasteiger partial charge in [0.1, 0.15) is 29.1 Å². The second-order valence-corrected chi connectivity index (χ2v) is 16.4. The van der Waals surface area contributed by atoms with E-state index >= 15 is 0 Å². The Labute approximate surface area is 384 Å². The zero-order chi connectivity index (χ0) is 44.7. The lowest BCUT2D eigenvalue weighted by molar-refractivity contribution is 0.239. The first kappa shape index (κ1) is 50.5. The van der Waals surface area contributed by atoms with Crippen LogP contribution in [0.5, 0.6) is 0 Å². The summed E-state index contributed by atoms with van der Waals surface area (Å²) < 4.78 is 3.76. The fourth-order valence-electron chi connectivity index (χ4n) is 7.06. The summed E-state index contributed by atoms with van der Waals surface area (Å²) in [6.45, 7) is 13.6. The second kappa shape index (κ2) is 27.8. The Morgan fingerprint density at radius 3 is 2.26 bits per heavy atom. The van der Waals surface area contributed by atoms with E-state index in [1.54, 1.807) is 30.0 Å². The Kier molecular flexibility index (Phi) is 22.6. The molecule has 4 aliphatic rings. The van der Waals surface area contributed by atoms with Crippen LogP contribution in [0, 0.1) is 0 Å². The number of rotatable bonds is 12. The van der Waals surface area contributed by atoms with E-state index in [4.69, 9.17) is 20.2 Å². The van der Waals surface area contributed by atoms with E-state index in [9.17, 15) is 5.11 Å². The number of piperidine rings is 1. The number of aliphatic imine (C=N–C) groups is 1. The third-order valence-corrected chi connectivity index (χ3v) is 11.4. The average Bonchev–Trinajstić information content (AvgIpc) is 4.10. The second-order valence-electron chi connectivity index (χ2n) is 14.5.